The summed E-state index contributed by atoms with van der Waals surface area (Å²) in [5.41, 5.74) is 2.82. The van der Waals surface area contributed by atoms with Crippen molar-refractivity contribution in [2.24, 2.45) is 0 Å². The number of rotatable bonds is 2. The molecule has 2 aliphatic rings. The van der Waals surface area contributed by atoms with Crippen molar-refractivity contribution in [2.45, 2.75) is 5.60 Å². The number of fused-ring (bicyclic) bond motifs is 3. The number of hydrogen-bond donors (Lipinski definition) is 1. The molecule has 3 aromatic carbocycles. The fourth-order valence-corrected chi connectivity index (χ4v) is 4.48. The van der Waals surface area contributed by atoms with Gasteiger partial charge in [-0.15, -0.1) is 0 Å². The van der Waals surface area contributed by atoms with E-state index in [0.717, 1.165) is 24.2 Å². The first-order chi connectivity index (χ1) is 13.7. The van der Waals surface area contributed by atoms with Crippen LogP contribution in [0.4, 0.5) is 5.69 Å². The molecule has 5 rings (SSSR count). The van der Waals surface area contributed by atoms with Gasteiger partial charge in [-0.3, -0.25) is 4.79 Å². The van der Waals surface area contributed by atoms with Gasteiger partial charge >= 0.3 is 0 Å². The van der Waals surface area contributed by atoms with E-state index in [9.17, 15) is 9.90 Å². The van der Waals surface area contributed by atoms with Gasteiger partial charge in [0.15, 0.2) is 5.60 Å². The molecule has 1 amide bonds. The predicted molar refractivity (Wildman–Crippen MR) is 110 cm³/mol. The van der Waals surface area contributed by atoms with Crippen molar-refractivity contribution in [1.29, 1.82) is 0 Å². The predicted octanol–water partition coefficient (Wildman–Crippen LogP) is 3.25. The van der Waals surface area contributed by atoms with Crippen LogP contribution in [0, 0.1) is 0 Å². The van der Waals surface area contributed by atoms with Crippen LogP contribution in [0.1, 0.15) is 11.1 Å². The topological polar surface area (TPSA) is 43.8 Å². The van der Waals surface area contributed by atoms with Gasteiger partial charge in [0.25, 0.3) is 5.91 Å². The number of para-hydroxylation sites is 1. The van der Waals surface area contributed by atoms with E-state index in [0.29, 0.717) is 24.2 Å². The van der Waals surface area contributed by atoms with Crippen LogP contribution in [0.15, 0.2) is 78.9 Å². The molecule has 0 radical (unpaired) electrons. The summed E-state index contributed by atoms with van der Waals surface area (Å²) in [6, 6.07) is 25.6. The summed E-state index contributed by atoms with van der Waals surface area (Å²) in [6.45, 7) is 2.71. The summed E-state index contributed by atoms with van der Waals surface area (Å²) in [5.74, 6) is -0.224. The molecule has 1 fully saturated rings. The Morgan fingerprint density at radius 1 is 0.714 bits per heavy atom. The molecule has 0 atom stereocenters. The van der Waals surface area contributed by atoms with Crippen molar-refractivity contribution in [3.63, 3.8) is 0 Å². The highest BCUT2D eigenvalue weighted by molar-refractivity contribution is 5.98. The summed E-state index contributed by atoms with van der Waals surface area (Å²) < 4.78 is 0. The number of carbonyl (C=O) groups is 1. The van der Waals surface area contributed by atoms with E-state index in [4.69, 9.17) is 0 Å². The third kappa shape index (κ3) is 2.45. The Kier molecular flexibility index (Phi) is 3.95. The SMILES string of the molecule is O=C(N1CCN(c2ccccc2)CC1)C1(O)c2ccccc2-c2ccccc21. The molecule has 0 aromatic heterocycles. The molecular formula is C24H22N2O2. The van der Waals surface area contributed by atoms with Gasteiger partial charge < -0.3 is 14.9 Å². The first-order valence-electron chi connectivity index (χ1n) is 9.71. The molecule has 1 saturated heterocycles. The second kappa shape index (κ2) is 6.50. The lowest BCUT2D eigenvalue weighted by molar-refractivity contribution is -0.148. The zero-order chi connectivity index (χ0) is 19.1. The number of nitrogens with zero attached hydrogens (tertiary/aromatic N) is 2. The van der Waals surface area contributed by atoms with Crippen molar-refractivity contribution in [3.05, 3.63) is 90.0 Å². The number of benzene rings is 3. The van der Waals surface area contributed by atoms with Crippen LogP contribution < -0.4 is 4.90 Å². The van der Waals surface area contributed by atoms with E-state index in [1.165, 1.54) is 5.69 Å². The average Bonchev–Trinajstić information content (AvgIpc) is 3.04. The Bertz CT molecular complexity index is 978. The Morgan fingerprint density at radius 2 is 1.21 bits per heavy atom. The molecule has 1 N–H and O–H groups in total. The average molecular weight is 370 g/mol. The molecule has 3 aromatic rings. The van der Waals surface area contributed by atoms with Gasteiger partial charge in [-0.25, -0.2) is 0 Å². The quantitative estimate of drug-likeness (QED) is 0.753. The maximum Gasteiger partial charge on any atom is 0.264 e. The van der Waals surface area contributed by atoms with Crippen LogP contribution in [0.3, 0.4) is 0 Å². The Hall–Kier alpha value is -3.11. The van der Waals surface area contributed by atoms with Crippen LogP contribution in [-0.2, 0) is 10.4 Å². The van der Waals surface area contributed by atoms with Gasteiger partial charge in [0, 0.05) is 43.0 Å². The second-order valence-corrected chi connectivity index (χ2v) is 7.42. The van der Waals surface area contributed by atoms with Crippen molar-refractivity contribution in [1.82, 2.24) is 4.90 Å². The molecule has 0 saturated carbocycles. The van der Waals surface area contributed by atoms with E-state index in [2.05, 4.69) is 17.0 Å². The molecule has 1 heterocycles. The zero-order valence-electron chi connectivity index (χ0n) is 15.6. The summed E-state index contributed by atoms with van der Waals surface area (Å²) in [6.07, 6.45) is 0. The molecule has 4 nitrogen and oxygen atoms in total. The van der Waals surface area contributed by atoms with Crippen LogP contribution in [-0.4, -0.2) is 42.1 Å². The smallest absolute Gasteiger partial charge is 0.264 e. The van der Waals surface area contributed by atoms with E-state index < -0.39 is 5.60 Å². The second-order valence-electron chi connectivity index (χ2n) is 7.42. The van der Waals surface area contributed by atoms with Crippen molar-refractivity contribution in [2.75, 3.05) is 31.1 Å². The van der Waals surface area contributed by atoms with Crippen molar-refractivity contribution >= 4 is 11.6 Å². The largest absolute Gasteiger partial charge is 0.372 e. The van der Waals surface area contributed by atoms with E-state index in [1.807, 2.05) is 66.7 Å². The van der Waals surface area contributed by atoms with Crippen molar-refractivity contribution < 1.29 is 9.90 Å². The normalized spacial score (nSPS) is 17.2. The number of piperazine rings is 1. The van der Waals surface area contributed by atoms with E-state index in [1.54, 1.807) is 4.90 Å². The summed E-state index contributed by atoms with van der Waals surface area (Å²) >= 11 is 0. The standard InChI is InChI=1S/C24H22N2O2/c27-23(26-16-14-25(15-17-26)18-8-2-1-3-9-18)24(28)21-12-6-4-10-19(21)20-11-5-7-13-22(20)24/h1-13,28H,14-17H2. The fraction of sp³-hybridized carbons (Fsp3) is 0.208. The number of amides is 1. The van der Waals surface area contributed by atoms with Crippen LogP contribution >= 0.6 is 0 Å². The molecule has 140 valence electrons. The Morgan fingerprint density at radius 3 is 1.79 bits per heavy atom. The Balaban J connectivity index is 1.44. The molecule has 28 heavy (non-hydrogen) atoms. The number of aliphatic hydroxyl groups is 1. The van der Waals surface area contributed by atoms with Gasteiger partial charge in [-0.2, -0.15) is 0 Å². The van der Waals surface area contributed by atoms with Gasteiger partial charge in [0.2, 0.25) is 0 Å². The van der Waals surface area contributed by atoms with Crippen LogP contribution in [0.25, 0.3) is 11.1 Å². The highest BCUT2D eigenvalue weighted by atomic mass is 16.3. The lowest BCUT2D eigenvalue weighted by Gasteiger charge is -2.39. The third-order valence-electron chi connectivity index (χ3n) is 5.92. The first-order valence-corrected chi connectivity index (χ1v) is 9.71. The van der Waals surface area contributed by atoms with Gasteiger partial charge in [0.1, 0.15) is 0 Å². The summed E-state index contributed by atoms with van der Waals surface area (Å²) in [4.78, 5) is 17.6. The molecule has 0 spiro atoms. The number of hydrogen-bond acceptors (Lipinski definition) is 3. The molecule has 1 aliphatic carbocycles. The minimum Gasteiger partial charge on any atom is -0.372 e. The van der Waals surface area contributed by atoms with E-state index >= 15 is 0 Å². The third-order valence-corrected chi connectivity index (χ3v) is 5.92. The lowest BCUT2D eigenvalue weighted by atomic mass is 9.89. The van der Waals surface area contributed by atoms with Gasteiger partial charge in [-0.05, 0) is 23.3 Å². The molecule has 1 aliphatic heterocycles. The Labute approximate surface area is 164 Å². The van der Waals surface area contributed by atoms with Gasteiger partial charge in [0.05, 0.1) is 0 Å². The van der Waals surface area contributed by atoms with E-state index in [-0.39, 0.29) is 5.91 Å². The lowest BCUT2D eigenvalue weighted by Crippen LogP contribution is -2.54. The maximum absolute atomic E-state index is 13.5. The minimum absolute atomic E-state index is 0.224. The van der Waals surface area contributed by atoms with Crippen LogP contribution in [0.2, 0.25) is 0 Å². The van der Waals surface area contributed by atoms with Gasteiger partial charge in [-0.1, -0.05) is 66.7 Å². The minimum atomic E-state index is -1.61. The van der Waals surface area contributed by atoms with Crippen LogP contribution in [0.5, 0.6) is 0 Å². The van der Waals surface area contributed by atoms with Crippen molar-refractivity contribution in [3.8, 4) is 11.1 Å². The number of anilines is 1. The highest BCUT2D eigenvalue weighted by Crippen LogP contribution is 2.48. The summed E-state index contributed by atoms with van der Waals surface area (Å²) in [5, 5.41) is 11.7. The summed E-state index contributed by atoms with van der Waals surface area (Å²) in [7, 11) is 0. The number of carbonyl (C=O) groups excluding carboxylic acids is 1. The highest BCUT2D eigenvalue weighted by Gasteiger charge is 2.49. The maximum atomic E-state index is 13.5. The molecular weight excluding hydrogens is 348 g/mol. The monoisotopic (exact) mass is 370 g/mol. The molecule has 4 heteroatoms. The molecule has 0 bridgehead atoms. The zero-order valence-corrected chi connectivity index (χ0v) is 15.6. The molecule has 0 unspecified atom stereocenters. The fourth-order valence-electron chi connectivity index (χ4n) is 4.48. The first kappa shape index (κ1) is 17.0.